The van der Waals surface area contributed by atoms with Crippen LogP contribution < -0.4 is 0 Å². The predicted octanol–water partition coefficient (Wildman–Crippen LogP) is 2.51. The Hall–Kier alpha value is -0.350. The summed E-state index contributed by atoms with van der Waals surface area (Å²) in [6.07, 6.45) is 2.95. The Kier molecular flexibility index (Phi) is 3.59. The van der Waals surface area contributed by atoms with Crippen molar-refractivity contribution in [3.8, 4) is 0 Å². The van der Waals surface area contributed by atoms with E-state index in [-0.39, 0.29) is 0 Å². The Morgan fingerprint density at radius 2 is 2.45 bits per heavy atom. The molecule has 0 atom stereocenters. The standard InChI is InChI=1S/C7H10N2S2/c1-3-4-5-10-7-9-8-6(2)11-7/h3H,1,4-5H2,2H3. The van der Waals surface area contributed by atoms with Crippen molar-refractivity contribution in [2.24, 2.45) is 0 Å². The van der Waals surface area contributed by atoms with Crippen LogP contribution in [0, 0.1) is 6.92 Å². The van der Waals surface area contributed by atoms with Gasteiger partial charge in [-0.3, -0.25) is 0 Å². The van der Waals surface area contributed by atoms with Crippen molar-refractivity contribution in [1.82, 2.24) is 10.2 Å². The Balaban J connectivity index is 2.32. The molecule has 0 N–H and O–H groups in total. The molecule has 0 bridgehead atoms. The first-order chi connectivity index (χ1) is 5.33. The van der Waals surface area contributed by atoms with Gasteiger partial charge in [0.1, 0.15) is 5.01 Å². The Morgan fingerprint density at radius 3 is 3.00 bits per heavy atom. The zero-order valence-electron chi connectivity index (χ0n) is 6.41. The molecule has 0 aliphatic rings. The zero-order valence-corrected chi connectivity index (χ0v) is 8.04. The van der Waals surface area contributed by atoms with E-state index < -0.39 is 0 Å². The first-order valence-electron chi connectivity index (χ1n) is 3.36. The third kappa shape index (κ3) is 3.03. The summed E-state index contributed by atoms with van der Waals surface area (Å²) in [6.45, 7) is 5.62. The molecular formula is C7H10N2S2. The van der Waals surface area contributed by atoms with Crippen LogP contribution in [-0.2, 0) is 0 Å². The second kappa shape index (κ2) is 4.51. The molecule has 2 nitrogen and oxygen atoms in total. The number of aromatic nitrogens is 2. The van der Waals surface area contributed by atoms with Gasteiger partial charge in [-0.1, -0.05) is 29.2 Å². The number of aryl methyl sites for hydroxylation is 1. The fraction of sp³-hybridized carbons (Fsp3) is 0.429. The minimum Gasteiger partial charge on any atom is -0.143 e. The molecule has 1 rings (SSSR count). The van der Waals surface area contributed by atoms with Gasteiger partial charge in [-0.05, 0) is 13.3 Å². The van der Waals surface area contributed by atoms with E-state index in [9.17, 15) is 0 Å². The lowest BCUT2D eigenvalue weighted by atomic mass is 10.5. The fourth-order valence-corrected chi connectivity index (χ4v) is 2.39. The number of nitrogens with zero attached hydrogens (tertiary/aromatic N) is 2. The summed E-state index contributed by atoms with van der Waals surface area (Å²) < 4.78 is 1.06. The Labute approximate surface area is 74.7 Å². The van der Waals surface area contributed by atoms with E-state index in [1.165, 1.54) is 0 Å². The van der Waals surface area contributed by atoms with Crippen molar-refractivity contribution in [3.05, 3.63) is 17.7 Å². The lowest BCUT2D eigenvalue weighted by Gasteiger charge is -1.89. The van der Waals surface area contributed by atoms with E-state index >= 15 is 0 Å². The maximum Gasteiger partial charge on any atom is 0.174 e. The predicted molar refractivity (Wildman–Crippen MR) is 50.2 cm³/mol. The van der Waals surface area contributed by atoms with E-state index in [0.29, 0.717) is 0 Å². The molecule has 0 fully saturated rings. The number of hydrogen-bond donors (Lipinski definition) is 0. The van der Waals surface area contributed by atoms with Gasteiger partial charge in [0.05, 0.1) is 0 Å². The number of hydrogen-bond acceptors (Lipinski definition) is 4. The third-order valence-corrected chi connectivity index (χ3v) is 3.06. The maximum absolute atomic E-state index is 3.98. The van der Waals surface area contributed by atoms with Crippen LogP contribution in [0.2, 0.25) is 0 Å². The first kappa shape index (κ1) is 8.74. The van der Waals surface area contributed by atoms with Gasteiger partial charge < -0.3 is 0 Å². The molecule has 1 heterocycles. The number of allylic oxidation sites excluding steroid dienone is 1. The second-order valence-electron chi connectivity index (χ2n) is 2.01. The monoisotopic (exact) mass is 186 g/mol. The van der Waals surface area contributed by atoms with Gasteiger partial charge in [0.25, 0.3) is 0 Å². The van der Waals surface area contributed by atoms with Crippen molar-refractivity contribution in [3.63, 3.8) is 0 Å². The van der Waals surface area contributed by atoms with Gasteiger partial charge in [-0.2, -0.15) is 0 Å². The van der Waals surface area contributed by atoms with Gasteiger partial charge in [0, 0.05) is 5.75 Å². The second-order valence-corrected chi connectivity index (χ2v) is 4.54. The van der Waals surface area contributed by atoms with Crippen LogP contribution in [0.15, 0.2) is 17.0 Å². The van der Waals surface area contributed by atoms with E-state index in [0.717, 1.165) is 21.5 Å². The van der Waals surface area contributed by atoms with Gasteiger partial charge in [0.15, 0.2) is 4.34 Å². The molecule has 11 heavy (non-hydrogen) atoms. The number of thioether (sulfide) groups is 1. The van der Waals surface area contributed by atoms with E-state index in [2.05, 4.69) is 16.8 Å². The summed E-state index contributed by atoms with van der Waals surface area (Å²) >= 11 is 3.38. The highest BCUT2D eigenvalue weighted by Gasteiger charge is 1.98. The molecule has 0 saturated carbocycles. The highest BCUT2D eigenvalue weighted by Crippen LogP contribution is 2.22. The zero-order chi connectivity index (χ0) is 8.10. The molecule has 0 aliphatic carbocycles. The van der Waals surface area contributed by atoms with Crippen molar-refractivity contribution in [1.29, 1.82) is 0 Å². The molecule has 60 valence electrons. The minimum absolute atomic E-state index is 1.03. The Bertz CT molecular complexity index is 232. The smallest absolute Gasteiger partial charge is 0.143 e. The molecule has 0 radical (unpaired) electrons. The largest absolute Gasteiger partial charge is 0.174 e. The summed E-state index contributed by atoms with van der Waals surface area (Å²) in [5.41, 5.74) is 0. The molecule has 0 spiro atoms. The van der Waals surface area contributed by atoms with Crippen LogP contribution in [0.25, 0.3) is 0 Å². The van der Waals surface area contributed by atoms with Crippen LogP contribution in [-0.4, -0.2) is 16.0 Å². The van der Waals surface area contributed by atoms with Gasteiger partial charge in [0.2, 0.25) is 0 Å². The van der Waals surface area contributed by atoms with Gasteiger partial charge in [-0.25, -0.2) is 0 Å². The van der Waals surface area contributed by atoms with Crippen molar-refractivity contribution >= 4 is 23.1 Å². The quantitative estimate of drug-likeness (QED) is 0.410. The third-order valence-electron chi connectivity index (χ3n) is 1.06. The molecule has 0 unspecified atom stereocenters. The summed E-state index contributed by atoms with van der Waals surface area (Å²) in [6, 6.07) is 0. The first-order valence-corrected chi connectivity index (χ1v) is 5.17. The average molecular weight is 186 g/mol. The van der Waals surface area contributed by atoms with E-state index in [1.54, 1.807) is 23.1 Å². The topological polar surface area (TPSA) is 25.8 Å². The molecule has 0 aromatic carbocycles. The molecule has 0 aliphatic heterocycles. The van der Waals surface area contributed by atoms with Crippen LogP contribution in [0.4, 0.5) is 0 Å². The molecule has 0 saturated heterocycles. The fourth-order valence-electron chi connectivity index (χ4n) is 0.566. The number of rotatable bonds is 4. The maximum atomic E-state index is 3.98. The molecule has 1 aromatic rings. The summed E-state index contributed by atoms with van der Waals surface area (Å²) in [7, 11) is 0. The average Bonchev–Trinajstić information content (AvgIpc) is 2.37. The Morgan fingerprint density at radius 1 is 1.64 bits per heavy atom. The molecule has 0 amide bonds. The molecule has 1 aromatic heterocycles. The van der Waals surface area contributed by atoms with Crippen LogP contribution in [0.1, 0.15) is 11.4 Å². The molecule has 4 heteroatoms. The van der Waals surface area contributed by atoms with Crippen LogP contribution in [0.5, 0.6) is 0 Å². The van der Waals surface area contributed by atoms with Crippen LogP contribution >= 0.6 is 23.1 Å². The lowest BCUT2D eigenvalue weighted by Crippen LogP contribution is -1.75. The van der Waals surface area contributed by atoms with Crippen LogP contribution in [0.3, 0.4) is 0 Å². The minimum atomic E-state index is 1.03. The van der Waals surface area contributed by atoms with Gasteiger partial charge >= 0.3 is 0 Å². The highest BCUT2D eigenvalue weighted by molar-refractivity contribution is 8.01. The summed E-state index contributed by atoms with van der Waals surface area (Å²) in [5.74, 6) is 1.05. The highest BCUT2D eigenvalue weighted by atomic mass is 32.2. The summed E-state index contributed by atoms with van der Waals surface area (Å²) in [5, 5.41) is 8.94. The van der Waals surface area contributed by atoms with E-state index in [4.69, 9.17) is 0 Å². The SMILES string of the molecule is C=CCCSc1nnc(C)s1. The summed E-state index contributed by atoms with van der Waals surface area (Å²) in [4.78, 5) is 0. The normalized spacial score (nSPS) is 9.91. The van der Waals surface area contributed by atoms with E-state index in [1.807, 2.05) is 13.0 Å². The van der Waals surface area contributed by atoms with Crippen molar-refractivity contribution in [2.75, 3.05) is 5.75 Å². The van der Waals surface area contributed by atoms with Crippen molar-refractivity contribution in [2.45, 2.75) is 17.7 Å². The van der Waals surface area contributed by atoms with Gasteiger partial charge in [-0.15, -0.1) is 16.8 Å². The molecular weight excluding hydrogens is 176 g/mol. The van der Waals surface area contributed by atoms with Crippen molar-refractivity contribution < 1.29 is 0 Å². The lowest BCUT2D eigenvalue weighted by molar-refractivity contribution is 0.983.